The van der Waals surface area contributed by atoms with Gasteiger partial charge in [-0.25, -0.2) is 0 Å². The van der Waals surface area contributed by atoms with Crippen LogP contribution in [0.1, 0.15) is 71.1 Å². The number of rotatable bonds is 6. The highest BCUT2D eigenvalue weighted by Gasteiger charge is 2.70. The van der Waals surface area contributed by atoms with E-state index in [0.29, 0.717) is 31.2 Å². The van der Waals surface area contributed by atoms with Crippen molar-refractivity contribution in [2.45, 2.75) is 83.2 Å². The number of carbonyl (C=O) groups excluding carboxylic acids is 2. The molecule has 6 nitrogen and oxygen atoms in total. The van der Waals surface area contributed by atoms with Gasteiger partial charge >= 0.3 is 23.8 Å². The van der Waals surface area contributed by atoms with Crippen molar-refractivity contribution in [2.75, 3.05) is 13.2 Å². The van der Waals surface area contributed by atoms with Crippen molar-refractivity contribution in [3.8, 4) is 0 Å². The summed E-state index contributed by atoms with van der Waals surface area (Å²) in [7, 11) is 0. The molecule has 3 atom stereocenters. The summed E-state index contributed by atoms with van der Waals surface area (Å²) in [6, 6.07) is 8.68. The molecule has 5 aliphatic rings. The summed E-state index contributed by atoms with van der Waals surface area (Å²) < 4.78 is 79.0. The Morgan fingerprint density at radius 1 is 0.947 bits per heavy atom. The summed E-state index contributed by atoms with van der Waals surface area (Å²) in [6.07, 6.45) is 1.26. The first-order valence-corrected chi connectivity index (χ1v) is 13.2. The summed E-state index contributed by atoms with van der Waals surface area (Å²) in [5.74, 6) is -12.3. The van der Waals surface area contributed by atoms with E-state index >= 15 is 0 Å². The van der Waals surface area contributed by atoms with Gasteiger partial charge in [0.15, 0.2) is 5.79 Å². The molecule has 1 spiro atoms. The van der Waals surface area contributed by atoms with Crippen LogP contribution in [0.2, 0.25) is 0 Å². The van der Waals surface area contributed by atoms with Gasteiger partial charge in [0.2, 0.25) is 0 Å². The average molecular weight is 543 g/mol. The molecule has 1 aliphatic heterocycles. The Bertz CT molecular complexity index is 1040. The van der Waals surface area contributed by atoms with Gasteiger partial charge in [-0.1, -0.05) is 37.3 Å². The largest absolute Gasteiger partial charge is 0.420 e. The molecular weight excluding hydrogens is 508 g/mol. The van der Waals surface area contributed by atoms with Crippen LogP contribution in [0.25, 0.3) is 0 Å². The number of benzene rings is 1. The maximum absolute atomic E-state index is 14.1. The summed E-state index contributed by atoms with van der Waals surface area (Å²) in [4.78, 5) is 26.7. The first-order valence-electron chi connectivity index (χ1n) is 13.2. The lowest BCUT2D eigenvalue weighted by molar-refractivity contribution is -0.346. The molecule has 1 saturated heterocycles. The highest BCUT2D eigenvalue weighted by atomic mass is 19.3. The third kappa shape index (κ3) is 4.41. The SMILES string of the molecule is CCC(C)(C)C(=O)OC(OC(=O)C12CC3CC(C1)C1(OCC(F)(F)C(F)(F)CO1)C(C3)C2)c1ccccc1. The molecule has 1 aromatic rings. The number of ether oxygens (including phenoxy) is 4. The second kappa shape index (κ2) is 9.18. The Kier molecular flexibility index (Phi) is 6.61. The quantitative estimate of drug-likeness (QED) is 0.248. The second-order valence-corrected chi connectivity index (χ2v) is 12.1. The zero-order chi connectivity index (χ0) is 27.6. The minimum Gasteiger partial charge on any atom is -0.420 e. The predicted octanol–water partition coefficient (Wildman–Crippen LogP) is 6.05. The highest BCUT2D eigenvalue weighted by molar-refractivity contribution is 5.79. The third-order valence-corrected chi connectivity index (χ3v) is 9.19. The number of hydrogen-bond donors (Lipinski definition) is 0. The normalized spacial score (nSPS) is 33.4. The number of hydrogen-bond acceptors (Lipinski definition) is 6. The number of carbonyl (C=O) groups is 2. The Morgan fingerprint density at radius 3 is 2.03 bits per heavy atom. The van der Waals surface area contributed by atoms with Gasteiger partial charge in [-0.15, -0.1) is 0 Å². The lowest BCUT2D eigenvalue weighted by Crippen LogP contribution is -2.65. The molecule has 10 heteroatoms. The second-order valence-electron chi connectivity index (χ2n) is 12.1. The van der Waals surface area contributed by atoms with Crippen molar-refractivity contribution in [1.82, 2.24) is 0 Å². The van der Waals surface area contributed by atoms with E-state index in [0.717, 1.165) is 0 Å². The lowest BCUT2D eigenvalue weighted by atomic mass is 9.47. The van der Waals surface area contributed by atoms with Gasteiger partial charge in [-0.3, -0.25) is 9.59 Å². The molecule has 4 saturated carbocycles. The van der Waals surface area contributed by atoms with Gasteiger partial charge in [0, 0.05) is 17.4 Å². The topological polar surface area (TPSA) is 71.1 Å². The Hall–Kier alpha value is -2.20. The van der Waals surface area contributed by atoms with Crippen molar-refractivity contribution in [2.24, 2.45) is 28.6 Å². The zero-order valence-electron chi connectivity index (χ0n) is 21.8. The molecule has 4 bridgehead atoms. The Labute approximate surface area is 219 Å². The molecule has 1 heterocycles. The molecule has 0 amide bonds. The average Bonchev–Trinajstić information content (AvgIpc) is 2.96. The molecule has 0 radical (unpaired) electrons. The number of esters is 2. The summed E-state index contributed by atoms with van der Waals surface area (Å²) in [5.41, 5.74) is -1.25. The molecule has 1 aromatic carbocycles. The van der Waals surface area contributed by atoms with Crippen molar-refractivity contribution >= 4 is 11.9 Å². The van der Waals surface area contributed by atoms with Crippen LogP contribution >= 0.6 is 0 Å². The van der Waals surface area contributed by atoms with E-state index < -0.39 is 71.7 Å². The van der Waals surface area contributed by atoms with E-state index in [1.807, 2.05) is 6.92 Å². The van der Waals surface area contributed by atoms with E-state index in [4.69, 9.17) is 18.9 Å². The van der Waals surface area contributed by atoms with Crippen LogP contribution in [0.5, 0.6) is 0 Å². The van der Waals surface area contributed by atoms with Crippen molar-refractivity contribution in [1.29, 1.82) is 0 Å². The van der Waals surface area contributed by atoms with Gasteiger partial charge in [0.05, 0.1) is 10.8 Å². The molecular formula is C28H34F4O6. The zero-order valence-corrected chi connectivity index (χ0v) is 21.8. The van der Waals surface area contributed by atoms with E-state index in [9.17, 15) is 27.2 Å². The van der Waals surface area contributed by atoms with Gasteiger partial charge < -0.3 is 18.9 Å². The summed E-state index contributed by atoms with van der Waals surface area (Å²) in [5, 5.41) is 0. The van der Waals surface area contributed by atoms with E-state index in [1.54, 1.807) is 44.2 Å². The number of halogens is 4. The lowest BCUT2D eigenvalue weighted by Gasteiger charge is -2.62. The molecule has 38 heavy (non-hydrogen) atoms. The smallest absolute Gasteiger partial charge is 0.335 e. The molecule has 6 rings (SSSR count). The summed E-state index contributed by atoms with van der Waals surface area (Å²) >= 11 is 0. The van der Waals surface area contributed by atoms with E-state index in [-0.39, 0.29) is 18.8 Å². The fourth-order valence-electron chi connectivity index (χ4n) is 6.70. The van der Waals surface area contributed by atoms with Crippen molar-refractivity contribution in [3.05, 3.63) is 35.9 Å². The van der Waals surface area contributed by atoms with Crippen LogP contribution in [-0.4, -0.2) is 42.8 Å². The molecule has 0 aromatic heterocycles. The van der Waals surface area contributed by atoms with Gasteiger partial charge in [-0.05, 0) is 58.3 Å². The van der Waals surface area contributed by atoms with Crippen molar-refractivity contribution < 1.29 is 46.1 Å². The summed E-state index contributed by atoms with van der Waals surface area (Å²) in [6.45, 7) is 2.48. The first-order chi connectivity index (χ1) is 17.7. The standard InChI is InChI=1S/C28H34F4O6/c1-4-24(2,3)22(33)37-21(18-8-6-5-7-9-18)38-23(34)25-12-17-10-19(13-25)28(20(11-17)14-25)35-15-26(29,30)27(31,32)16-36-28/h5-9,17,19-21H,4,10-16H2,1-3H3. The first kappa shape index (κ1) is 27.4. The monoisotopic (exact) mass is 542 g/mol. The minimum atomic E-state index is -4.35. The van der Waals surface area contributed by atoms with Crippen LogP contribution in [0, 0.1) is 28.6 Å². The molecule has 4 aliphatic carbocycles. The van der Waals surface area contributed by atoms with Crippen molar-refractivity contribution in [3.63, 3.8) is 0 Å². The van der Waals surface area contributed by atoms with E-state index in [2.05, 4.69) is 0 Å². The van der Waals surface area contributed by atoms with E-state index in [1.165, 1.54) is 0 Å². The van der Waals surface area contributed by atoms with Gasteiger partial charge in [0.1, 0.15) is 13.2 Å². The van der Waals surface area contributed by atoms with Crippen LogP contribution in [-0.2, 0) is 28.5 Å². The Morgan fingerprint density at radius 2 is 1.50 bits per heavy atom. The number of alkyl halides is 4. The third-order valence-electron chi connectivity index (χ3n) is 9.19. The van der Waals surface area contributed by atoms with Gasteiger partial charge in [0.25, 0.3) is 6.29 Å². The van der Waals surface area contributed by atoms with Crippen LogP contribution < -0.4 is 0 Å². The van der Waals surface area contributed by atoms with Gasteiger partial charge in [-0.2, -0.15) is 17.6 Å². The molecule has 0 N–H and O–H groups in total. The van der Waals surface area contributed by atoms with Crippen LogP contribution in [0.4, 0.5) is 17.6 Å². The fourth-order valence-corrected chi connectivity index (χ4v) is 6.70. The fraction of sp³-hybridized carbons (Fsp3) is 0.714. The highest BCUT2D eigenvalue weighted by Crippen LogP contribution is 2.66. The maximum atomic E-state index is 14.1. The van der Waals surface area contributed by atoms with Crippen LogP contribution in [0.3, 0.4) is 0 Å². The maximum Gasteiger partial charge on any atom is 0.335 e. The van der Waals surface area contributed by atoms with Crippen LogP contribution in [0.15, 0.2) is 30.3 Å². The Balaban J connectivity index is 1.38. The molecule has 3 unspecified atom stereocenters. The molecule has 5 fully saturated rings. The minimum absolute atomic E-state index is 0.0823. The predicted molar refractivity (Wildman–Crippen MR) is 126 cm³/mol. The molecule has 210 valence electrons.